The van der Waals surface area contributed by atoms with Gasteiger partial charge in [0.15, 0.2) is 0 Å². The predicted octanol–water partition coefficient (Wildman–Crippen LogP) is 1.85. The molecule has 1 aromatic rings. The first-order valence-corrected chi connectivity index (χ1v) is 5.52. The van der Waals surface area contributed by atoms with Crippen LogP contribution in [0.25, 0.3) is 0 Å². The van der Waals surface area contributed by atoms with Gasteiger partial charge in [-0.1, -0.05) is 13.8 Å². The Morgan fingerprint density at radius 3 is 2.81 bits per heavy atom. The summed E-state index contributed by atoms with van der Waals surface area (Å²) in [5.41, 5.74) is 7.00. The molecule has 4 heteroatoms. The number of hydrogen-bond donors (Lipinski definition) is 2. The standard InChI is InChI=1S/C12H20N4/c1-9(2)5-7-16(3)10-4-6-15-11(8-10)12(13)14/h4,6,8-9H,5,7H2,1-3H3,(H3,13,14). The Balaban J connectivity index is 2.71. The molecule has 0 aliphatic rings. The lowest BCUT2D eigenvalue weighted by Crippen LogP contribution is -2.21. The largest absolute Gasteiger partial charge is 0.382 e. The van der Waals surface area contributed by atoms with Crippen LogP contribution in [0.2, 0.25) is 0 Å². The molecule has 0 saturated heterocycles. The highest BCUT2D eigenvalue weighted by molar-refractivity contribution is 5.93. The maximum absolute atomic E-state index is 7.34. The normalized spacial score (nSPS) is 10.5. The van der Waals surface area contributed by atoms with Crippen LogP contribution < -0.4 is 10.6 Å². The molecular formula is C12H20N4. The Labute approximate surface area is 97.0 Å². The molecule has 88 valence electrons. The van der Waals surface area contributed by atoms with Crippen molar-refractivity contribution in [1.29, 1.82) is 5.41 Å². The van der Waals surface area contributed by atoms with E-state index < -0.39 is 0 Å². The second kappa shape index (κ2) is 5.49. The number of nitrogens with zero attached hydrogens (tertiary/aromatic N) is 2. The third-order valence-corrected chi connectivity index (χ3v) is 2.50. The van der Waals surface area contributed by atoms with Crippen molar-refractivity contribution in [3.63, 3.8) is 0 Å². The van der Waals surface area contributed by atoms with E-state index in [1.165, 1.54) is 0 Å². The summed E-state index contributed by atoms with van der Waals surface area (Å²) in [5, 5.41) is 7.34. The maximum atomic E-state index is 7.34. The van der Waals surface area contributed by atoms with E-state index in [1.54, 1.807) is 6.20 Å². The molecule has 0 aromatic carbocycles. The van der Waals surface area contributed by atoms with Gasteiger partial charge in [0.25, 0.3) is 0 Å². The molecule has 0 unspecified atom stereocenters. The monoisotopic (exact) mass is 220 g/mol. The van der Waals surface area contributed by atoms with E-state index in [-0.39, 0.29) is 5.84 Å². The van der Waals surface area contributed by atoms with E-state index in [0.717, 1.165) is 18.7 Å². The fraction of sp³-hybridized carbons (Fsp3) is 0.500. The van der Waals surface area contributed by atoms with Gasteiger partial charge in [0.1, 0.15) is 11.5 Å². The fourth-order valence-corrected chi connectivity index (χ4v) is 1.39. The van der Waals surface area contributed by atoms with Crippen molar-refractivity contribution < 1.29 is 0 Å². The lowest BCUT2D eigenvalue weighted by molar-refractivity contribution is 0.585. The highest BCUT2D eigenvalue weighted by atomic mass is 15.1. The number of nitrogen functional groups attached to an aromatic ring is 1. The van der Waals surface area contributed by atoms with E-state index in [2.05, 4.69) is 23.7 Å². The van der Waals surface area contributed by atoms with Gasteiger partial charge in [0.2, 0.25) is 0 Å². The molecule has 1 rings (SSSR count). The third kappa shape index (κ3) is 3.53. The van der Waals surface area contributed by atoms with Crippen LogP contribution in [-0.4, -0.2) is 24.4 Å². The van der Waals surface area contributed by atoms with Crippen molar-refractivity contribution >= 4 is 11.5 Å². The van der Waals surface area contributed by atoms with Crippen molar-refractivity contribution in [2.45, 2.75) is 20.3 Å². The summed E-state index contributed by atoms with van der Waals surface area (Å²) in [7, 11) is 2.04. The average molecular weight is 220 g/mol. The van der Waals surface area contributed by atoms with Gasteiger partial charge in [0.05, 0.1) is 0 Å². The van der Waals surface area contributed by atoms with E-state index >= 15 is 0 Å². The third-order valence-electron chi connectivity index (χ3n) is 2.50. The van der Waals surface area contributed by atoms with Gasteiger partial charge in [-0.15, -0.1) is 0 Å². The molecule has 0 bridgehead atoms. The first kappa shape index (κ1) is 12.5. The first-order valence-electron chi connectivity index (χ1n) is 5.52. The molecular weight excluding hydrogens is 200 g/mol. The van der Waals surface area contributed by atoms with Crippen molar-refractivity contribution in [1.82, 2.24) is 4.98 Å². The van der Waals surface area contributed by atoms with Crippen LogP contribution in [0, 0.1) is 11.3 Å². The summed E-state index contributed by atoms with van der Waals surface area (Å²) in [6, 6.07) is 3.79. The highest BCUT2D eigenvalue weighted by Gasteiger charge is 2.05. The number of amidine groups is 1. The smallest absolute Gasteiger partial charge is 0.141 e. The number of pyridine rings is 1. The second-order valence-electron chi connectivity index (χ2n) is 4.42. The molecule has 16 heavy (non-hydrogen) atoms. The maximum Gasteiger partial charge on any atom is 0.141 e. The molecule has 0 radical (unpaired) electrons. The minimum Gasteiger partial charge on any atom is -0.382 e. The lowest BCUT2D eigenvalue weighted by Gasteiger charge is -2.20. The predicted molar refractivity (Wildman–Crippen MR) is 68.0 cm³/mol. The Morgan fingerprint density at radius 2 is 2.25 bits per heavy atom. The van der Waals surface area contributed by atoms with E-state index in [9.17, 15) is 0 Å². The summed E-state index contributed by atoms with van der Waals surface area (Å²) in [5.74, 6) is 0.704. The van der Waals surface area contributed by atoms with Crippen LogP contribution in [0.15, 0.2) is 18.3 Å². The van der Waals surface area contributed by atoms with Crippen LogP contribution in [-0.2, 0) is 0 Å². The van der Waals surface area contributed by atoms with Crippen LogP contribution in [0.5, 0.6) is 0 Å². The second-order valence-corrected chi connectivity index (χ2v) is 4.42. The molecule has 1 heterocycles. The average Bonchev–Trinajstić information content (AvgIpc) is 2.26. The molecule has 0 spiro atoms. The summed E-state index contributed by atoms with van der Waals surface area (Å²) in [4.78, 5) is 6.20. The van der Waals surface area contributed by atoms with E-state index in [4.69, 9.17) is 11.1 Å². The van der Waals surface area contributed by atoms with Gasteiger partial charge in [-0.2, -0.15) is 0 Å². The molecule has 0 aliphatic heterocycles. The van der Waals surface area contributed by atoms with Gasteiger partial charge in [-0.05, 0) is 24.5 Å². The number of hydrogen-bond acceptors (Lipinski definition) is 3. The molecule has 4 nitrogen and oxygen atoms in total. The van der Waals surface area contributed by atoms with E-state index in [1.807, 2.05) is 19.2 Å². The minimum absolute atomic E-state index is 0.0131. The van der Waals surface area contributed by atoms with Gasteiger partial charge in [-0.25, -0.2) is 0 Å². The minimum atomic E-state index is 0.0131. The van der Waals surface area contributed by atoms with Crippen LogP contribution in [0.4, 0.5) is 5.69 Å². The molecule has 0 atom stereocenters. The van der Waals surface area contributed by atoms with Crippen LogP contribution in [0.3, 0.4) is 0 Å². The van der Waals surface area contributed by atoms with Crippen LogP contribution >= 0.6 is 0 Å². The quantitative estimate of drug-likeness (QED) is 0.588. The molecule has 3 N–H and O–H groups in total. The zero-order valence-electron chi connectivity index (χ0n) is 10.2. The Morgan fingerprint density at radius 1 is 1.56 bits per heavy atom. The zero-order valence-corrected chi connectivity index (χ0v) is 10.2. The van der Waals surface area contributed by atoms with Gasteiger partial charge in [-0.3, -0.25) is 10.4 Å². The number of nitrogens with one attached hydrogen (secondary N) is 1. The molecule has 0 amide bonds. The molecule has 0 aliphatic carbocycles. The number of rotatable bonds is 5. The fourth-order valence-electron chi connectivity index (χ4n) is 1.39. The summed E-state index contributed by atoms with van der Waals surface area (Å²) < 4.78 is 0. The van der Waals surface area contributed by atoms with Gasteiger partial charge >= 0.3 is 0 Å². The topological polar surface area (TPSA) is 66.0 Å². The first-order chi connectivity index (χ1) is 7.50. The SMILES string of the molecule is CC(C)CCN(C)c1ccnc(C(=N)N)c1. The van der Waals surface area contributed by atoms with E-state index in [0.29, 0.717) is 11.6 Å². The summed E-state index contributed by atoms with van der Waals surface area (Å²) in [6.07, 6.45) is 2.84. The number of anilines is 1. The Hall–Kier alpha value is -1.58. The molecule has 0 fully saturated rings. The summed E-state index contributed by atoms with van der Waals surface area (Å²) in [6.45, 7) is 5.42. The Bertz CT molecular complexity index is 360. The van der Waals surface area contributed by atoms with Gasteiger partial charge < -0.3 is 10.6 Å². The van der Waals surface area contributed by atoms with Crippen molar-refractivity contribution in [3.05, 3.63) is 24.0 Å². The van der Waals surface area contributed by atoms with Crippen LogP contribution in [0.1, 0.15) is 26.0 Å². The zero-order chi connectivity index (χ0) is 12.1. The molecule has 0 saturated carbocycles. The van der Waals surface area contributed by atoms with Gasteiger partial charge in [0, 0.05) is 25.5 Å². The van der Waals surface area contributed by atoms with Crippen molar-refractivity contribution in [2.24, 2.45) is 11.7 Å². The number of nitrogens with two attached hydrogens (primary N) is 1. The number of aromatic nitrogens is 1. The highest BCUT2D eigenvalue weighted by Crippen LogP contribution is 2.14. The molecule has 1 aromatic heterocycles. The Kier molecular flexibility index (Phi) is 4.28. The van der Waals surface area contributed by atoms with Crippen molar-refractivity contribution in [2.75, 3.05) is 18.5 Å². The van der Waals surface area contributed by atoms with Crippen molar-refractivity contribution in [3.8, 4) is 0 Å². The summed E-state index contributed by atoms with van der Waals surface area (Å²) >= 11 is 0. The lowest BCUT2D eigenvalue weighted by atomic mass is 10.1.